The van der Waals surface area contributed by atoms with Crippen molar-refractivity contribution >= 4 is 44.1 Å². The van der Waals surface area contributed by atoms with E-state index < -0.39 is 5.97 Å². The van der Waals surface area contributed by atoms with Gasteiger partial charge in [-0.25, -0.2) is 4.79 Å². The number of aldehydes is 1. The molecule has 0 unspecified atom stereocenters. The number of halogens is 2. The molecule has 0 bridgehead atoms. The van der Waals surface area contributed by atoms with Gasteiger partial charge in [-0.05, 0) is 48.9 Å². The monoisotopic (exact) mass is 426 g/mol. The first-order valence-corrected chi connectivity index (χ1v) is 7.92. The van der Waals surface area contributed by atoms with Crippen LogP contribution in [0, 0.1) is 6.92 Å². The minimum atomic E-state index is -0.576. The van der Waals surface area contributed by atoms with Crippen molar-refractivity contribution in [2.45, 2.75) is 6.92 Å². The van der Waals surface area contributed by atoms with E-state index in [4.69, 9.17) is 9.47 Å². The Morgan fingerprint density at radius 3 is 2.36 bits per heavy atom. The predicted molar refractivity (Wildman–Crippen MR) is 89.5 cm³/mol. The zero-order valence-corrected chi connectivity index (χ0v) is 14.8. The molecule has 0 spiro atoms. The number of hydrogen-bond donors (Lipinski definition) is 0. The van der Waals surface area contributed by atoms with Crippen molar-refractivity contribution in [2.75, 3.05) is 6.61 Å². The molecule has 0 N–H and O–H groups in total. The normalized spacial score (nSPS) is 10.1. The van der Waals surface area contributed by atoms with Crippen LogP contribution < -0.4 is 9.47 Å². The van der Waals surface area contributed by atoms with Gasteiger partial charge in [0.15, 0.2) is 12.9 Å². The van der Waals surface area contributed by atoms with Crippen molar-refractivity contribution < 1.29 is 19.1 Å². The van der Waals surface area contributed by atoms with E-state index in [1.165, 1.54) is 0 Å². The fourth-order valence-corrected chi connectivity index (χ4v) is 2.62. The minimum absolute atomic E-state index is 0.208. The SMILES string of the molecule is Cc1cc(Br)ccc1OCC(=O)Oc1ccc(Br)cc1C=O. The molecule has 0 saturated heterocycles. The van der Waals surface area contributed by atoms with E-state index in [2.05, 4.69) is 31.9 Å². The summed E-state index contributed by atoms with van der Waals surface area (Å²) < 4.78 is 12.2. The molecule has 0 radical (unpaired) electrons. The molecule has 2 rings (SSSR count). The van der Waals surface area contributed by atoms with Gasteiger partial charge in [-0.2, -0.15) is 0 Å². The third-order valence-electron chi connectivity index (χ3n) is 2.81. The van der Waals surface area contributed by atoms with E-state index >= 15 is 0 Å². The van der Waals surface area contributed by atoms with Crippen LogP contribution in [0.25, 0.3) is 0 Å². The molecule has 0 saturated carbocycles. The summed E-state index contributed by atoms with van der Waals surface area (Å²) in [6.07, 6.45) is 0.632. The van der Waals surface area contributed by atoms with Gasteiger partial charge in [0.2, 0.25) is 0 Å². The van der Waals surface area contributed by atoms with Gasteiger partial charge >= 0.3 is 5.97 Å². The summed E-state index contributed by atoms with van der Waals surface area (Å²) in [6.45, 7) is 1.64. The maximum Gasteiger partial charge on any atom is 0.349 e. The molecule has 0 heterocycles. The second-order valence-corrected chi connectivity index (χ2v) is 6.30. The van der Waals surface area contributed by atoms with Crippen molar-refractivity contribution in [2.24, 2.45) is 0 Å². The zero-order chi connectivity index (χ0) is 16.1. The summed E-state index contributed by atoms with van der Waals surface area (Å²) in [4.78, 5) is 22.8. The Kier molecular flexibility index (Phi) is 5.74. The van der Waals surface area contributed by atoms with Crippen LogP contribution in [-0.4, -0.2) is 18.9 Å². The van der Waals surface area contributed by atoms with Crippen LogP contribution in [0.5, 0.6) is 11.5 Å². The molecule has 22 heavy (non-hydrogen) atoms. The lowest BCUT2D eigenvalue weighted by molar-refractivity contribution is -0.136. The third kappa shape index (κ3) is 4.42. The molecule has 0 aliphatic heterocycles. The van der Waals surface area contributed by atoms with E-state index in [0.717, 1.165) is 14.5 Å². The Morgan fingerprint density at radius 1 is 1.09 bits per heavy atom. The number of ether oxygens (including phenoxy) is 2. The van der Waals surface area contributed by atoms with E-state index in [1.54, 1.807) is 24.3 Å². The van der Waals surface area contributed by atoms with Gasteiger partial charge < -0.3 is 9.47 Å². The average molecular weight is 428 g/mol. The molecular formula is C16H12Br2O4. The van der Waals surface area contributed by atoms with Crippen molar-refractivity contribution in [3.05, 3.63) is 56.5 Å². The molecule has 6 heteroatoms. The van der Waals surface area contributed by atoms with Crippen LogP contribution in [0.3, 0.4) is 0 Å². The summed E-state index contributed by atoms with van der Waals surface area (Å²) in [6, 6.07) is 10.3. The molecule has 0 amide bonds. The van der Waals surface area contributed by atoms with Gasteiger partial charge in [0, 0.05) is 8.95 Å². The smallest absolute Gasteiger partial charge is 0.349 e. The molecule has 0 aliphatic rings. The molecule has 2 aromatic carbocycles. The first kappa shape index (κ1) is 16.7. The second kappa shape index (κ2) is 7.56. The Hall–Kier alpha value is -1.66. The van der Waals surface area contributed by atoms with Crippen LogP contribution in [0.1, 0.15) is 15.9 Å². The Balaban J connectivity index is 2.00. The number of carbonyl (C=O) groups excluding carboxylic acids is 2. The number of benzene rings is 2. The minimum Gasteiger partial charge on any atom is -0.482 e. The molecule has 114 valence electrons. The molecule has 0 aliphatic carbocycles. The zero-order valence-electron chi connectivity index (χ0n) is 11.6. The lowest BCUT2D eigenvalue weighted by atomic mass is 10.2. The largest absolute Gasteiger partial charge is 0.482 e. The number of rotatable bonds is 5. The van der Waals surface area contributed by atoms with Crippen LogP contribution in [-0.2, 0) is 4.79 Å². The van der Waals surface area contributed by atoms with Gasteiger partial charge in [0.1, 0.15) is 11.5 Å². The summed E-state index contributed by atoms with van der Waals surface area (Å²) in [7, 11) is 0. The summed E-state index contributed by atoms with van der Waals surface area (Å²) in [5.41, 5.74) is 1.20. The van der Waals surface area contributed by atoms with Crippen LogP contribution in [0.2, 0.25) is 0 Å². The second-order valence-electron chi connectivity index (χ2n) is 4.47. The van der Waals surface area contributed by atoms with E-state index in [0.29, 0.717) is 17.6 Å². The molecule has 0 fully saturated rings. The van der Waals surface area contributed by atoms with Gasteiger partial charge in [-0.1, -0.05) is 31.9 Å². The van der Waals surface area contributed by atoms with Gasteiger partial charge in [0.05, 0.1) is 5.56 Å². The fourth-order valence-electron chi connectivity index (χ4n) is 1.77. The number of aryl methyl sites for hydroxylation is 1. The molecule has 4 nitrogen and oxygen atoms in total. The van der Waals surface area contributed by atoms with Crippen molar-refractivity contribution in [3.8, 4) is 11.5 Å². The lowest BCUT2D eigenvalue weighted by Crippen LogP contribution is -2.18. The van der Waals surface area contributed by atoms with Crippen LogP contribution in [0.4, 0.5) is 0 Å². The predicted octanol–water partition coefficient (Wildman–Crippen LogP) is 4.32. The van der Waals surface area contributed by atoms with Crippen molar-refractivity contribution in [1.29, 1.82) is 0 Å². The van der Waals surface area contributed by atoms with Crippen molar-refractivity contribution in [3.63, 3.8) is 0 Å². The lowest BCUT2D eigenvalue weighted by Gasteiger charge is -2.10. The third-order valence-corrected chi connectivity index (χ3v) is 3.79. The molecule has 0 atom stereocenters. The highest BCUT2D eigenvalue weighted by molar-refractivity contribution is 9.10. The maximum absolute atomic E-state index is 11.8. The first-order chi connectivity index (χ1) is 10.5. The summed E-state index contributed by atoms with van der Waals surface area (Å²) in [5.74, 6) is 0.235. The molecular weight excluding hydrogens is 416 g/mol. The standard InChI is InChI=1S/C16H12Br2O4/c1-10-6-12(17)2-4-14(10)21-9-16(20)22-15-5-3-13(18)7-11(15)8-19/h2-8H,9H2,1H3. The highest BCUT2D eigenvalue weighted by Gasteiger charge is 2.11. The highest BCUT2D eigenvalue weighted by atomic mass is 79.9. The average Bonchev–Trinajstić information content (AvgIpc) is 2.48. The summed E-state index contributed by atoms with van der Waals surface area (Å²) >= 11 is 6.61. The maximum atomic E-state index is 11.8. The van der Waals surface area contributed by atoms with E-state index in [1.807, 2.05) is 19.1 Å². The number of hydrogen-bond acceptors (Lipinski definition) is 4. The number of esters is 1. The van der Waals surface area contributed by atoms with Crippen molar-refractivity contribution in [1.82, 2.24) is 0 Å². The molecule has 0 aromatic heterocycles. The fraction of sp³-hybridized carbons (Fsp3) is 0.125. The Bertz CT molecular complexity index is 713. The quantitative estimate of drug-likeness (QED) is 0.405. The Morgan fingerprint density at radius 2 is 1.73 bits per heavy atom. The van der Waals surface area contributed by atoms with Gasteiger partial charge in [-0.15, -0.1) is 0 Å². The van der Waals surface area contributed by atoms with Crippen LogP contribution >= 0.6 is 31.9 Å². The number of carbonyl (C=O) groups is 2. The van der Waals surface area contributed by atoms with Crippen LogP contribution in [0.15, 0.2) is 45.3 Å². The van der Waals surface area contributed by atoms with Gasteiger partial charge in [-0.3, -0.25) is 4.79 Å². The molecule has 2 aromatic rings. The summed E-state index contributed by atoms with van der Waals surface area (Å²) in [5, 5.41) is 0. The van der Waals surface area contributed by atoms with E-state index in [9.17, 15) is 9.59 Å². The first-order valence-electron chi connectivity index (χ1n) is 6.34. The Labute approximate surface area is 144 Å². The van der Waals surface area contributed by atoms with E-state index in [-0.39, 0.29) is 12.4 Å². The van der Waals surface area contributed by atoms with Gasteiger partial charge in [0.25, 0.3) is 0 Å². The topological polar surface area (TPSA) is 52.6 Å². The highest BCUT2D eigenvalue weighted by Crippen LogP contribution is 2.23.